The van der Waals surface area contributed by atoms with E-state index in [1.54, 1.807) is 45.0 Å². The maximum absolute atomic E-state index is 12.9. The van der Waals surface area contributed by atoms with Gasteiger partial charge < -0.3 is 10.0 Å². The van der Waals surface area contributed by atoms with Crippen LogP contribution in [0, 0.1) is 6.92 Å². The number of carbonyl (C=O) groups is 2. The highest BCUT2D eigenvalue weighted by Gasteiger charge is 2.26. The van der Waals surface area contributed by atoms with Crippen LogP contribution in [0.1, 0.15) is 40.1 Å². The zero-order valence-electron chi connectivity index (χ0n) is 16.3. The summed E-state index contributed by atoms with van der Waals surface area (Å²) in [6.07, 6.45) is 0. The number of anilines is 1. The van der Waals surface area contributed by atoms with Crippen LogP contribution in [0.5, 0.6) is 0 Å². The predicted molar refractivity (Wildman–Crippen MR) is 107 cm³/mol. The van der Waals surface area contributed by atoms with Gasteiger partial charge in [0.2, 0.25) is 10.0 Å². The van der Waals surface area contributed by atoms with E-state index < -0.39 is 21.9 Å². The first-order chi connectivity index (χ1) is 13.1. The van der Waals surface area contributed by atoms with Crippen molar-refractivity contribution in [2.75, 3.05) is 25.0 Å². The summed E-state index contributed by atoms with van der Waals surface area (Å²) in [4.78, 5) is 25.7. The maximum atomic E-state index is 12.9. The number of sulfonamides is 1. The second-order valence-corrected chi connectivity index (χ2v) is 8.16. The van der Waals surface area contributed by atoms with E-state index in [0.717, 1.165) is 0 Å². The second kappa shape index (κ2) is 8.53. The van der Waals surface area contributed by atoms with Gasteiger partial charge in [-0.1, -0.05) is 32.0 Å². The van der Waals surface area contributed by atoms with Crippen molar-refractivity contribution < 1.29 is 23.1 Å². The first kappa shape index (κ1) is 21.6. The van der Waals surface area contributed by atoms with Gasteiger partial charge in [0.15, 0.2) is 0 Å². The lowest BCUT2D eigenvalue weighted by Crippen LogP contribution is -2.32. The minimum absolute atomic E-state index is 0.0125. The molecule has 2 aromatic rings. The van der Waals surface area contributed by atoms with Crippen molar-refractivity contribution in [1.29, 1.82) is 0 Å². The number of carbonyl (C=O) groups excluding carboxylic acids is 1. The Morgan fingerprint density at radius 2 is 1.64 bits per heavy atom. The number of para-hydroxylation sites is 1. The molecule has 0 aliphatic carbocycles. The molecular formula is C20H24N2O5S. The van der Waals surface area contributed by atoms with Gasteiger partial charge in [0.05, 0.1) is 16.1 Å². The number of nitrogens with zero attached hydrogens (tertiary/aromatic N) is 2. The molecule has 1 N–H and O–H groups in total. The minimum atomic E-state index is -3.73. The Morgan fingerprint density at radius 1 is 1.04 bits per heavy atom. The SMILES string of the molecule is CCN(CC)S(=O)(=O)c1cc(C(=O)N(C)c2ccccc2C(=O)O)ccc1C. The Labute approximate surface area is 165 Å². The number of carboxylic acid groups (broad SMARTS) is 1. The predicted octanol–water partition coefficient (Wildman–Crippen LogP) is 3.00. The normalized spacial score (nSPS) is 11.5. The zero-order chi connectivity index (χ0) is 21.1. The summed E-state index contributed by atoms with van der Waals surface area (Å²) >= 11 is 0. The van der Waals surface area contributed by atoms with Crippen molar-refractivity contribution in [3.63, 3.8) is 0 Å². The molecule has 0 heterocycles. The molecule has 8 heteroatoms. The summed E-state index contributed by atoms with van der Waals surface area (Å²) in [5.41, 5.74) is 0.922. The van der Waals surface area contributed by atoms with Gasteiger partial charge in [-0.05, 0) is 36.8 Å². The molecule has 0 spiro atoms. The van der Waals surface area contributed by atoms with Gasteiger partial charge in [-0.3, -0.25) is 4.79 Å². The molecule has 0 saturated carbocycles. The summed E-state index contributed by atoms with van der Waals surface area (Å²) < 4.78 is 27.1. The summed E-state index contributed by atoms with van der Waals surface area (Å²) in [5, 5.41) is 9.35. The number of rotatable bonds is 7. The fraction of sp³-hybridized carbons (Fsp3) is 0.300. The van der Waals surface area contributed by atoms with Gasteiger partial charge in [-0.25, -0.2) is 13.2 Å². The van der Waals surface area contributed by atoms with Crippen LogP contribution in [0.4, 0.5) is 5.69 Å². The quantitative estimate of drug-likeness (QED) is 0.765. The zero-order valence-corrected chi connectivity index (χ0v) is 17.2. The van der Waals surface area contributed by atoms with Gasteiger partial charge >= 0.3 is 5.97 Å². The molecule has 2 rings (SSSR count). The molecule has 0 unspecified atom stereocenters. The average molecular weight is 404 g/mol. The third-order valence-electron chi connectivity index (χ3n) is 4.56. The Kier molecular flexibility index (Phi) is 6.58. The highest BCUT2D eigenvalue weighted by atomic mass is 32.2. The van der Waals surface area contributed by atoms with E-state index in [2.05, 4.69) is 0 Å². The molecule has 1 amide bonds. The Morgan fingerprint density at radius 3 is 2.21 bits per heavy atom. The number of carboxylic acids is 1. The second-order valence-electron chi connectivity index (χ2n) is 6.26. The molecule has 0 fully saturated rings. The third-order valence-corrected chi connectivity index (χ3v) is 6.75. The molecule has 0 aliphatic heterocycles. The lowest BCUT2D eigenvalue weighted by Gasteiger charge is -2.22. The van der Waals surface area contributed by atoms with E-state index in [4.69, 9.17) is 0 Å². The van der Waals surface area contributed by atoms with Crippen LogP contribution in [-0.4, -0.2) is 49.8 Å². The van der Waals surface area contributed by atoms with Crippen LogP contribution in [-0.2, 0) is 10.0 Å². The fourth-order valence-electron chi connectivity index (χ4n) is 2.96. The Bertz CT molecular complexity index is 997. The minimum Gasteiger partial charge on any atom is -0.478 e. The summed E-state index contributed by atoms with van der Waals surface area (Å²) in [6, 6.07) is 10.6. The number of hydrogen-bond acceptors (Lipinski definition) is 4. The number of aryl methyl sites for hydroxylation is 1. The molecular weight excluding hydrogens is 380 g/mol. The molecule has 0 saturated heterocycles. The van der Waals surface area contributed by atoms with Gasteiger partial charge in [0.25, 0.3) is 5.91 Å². The summed E-state index contributed by atoms with van der Waals surface area (Å²) in [7, 11) is -2.27. The monoisotopic (exact) mass is 404 g/mol. The van der Waals surface area contributed by atoms with Gasteiger partial charge in [0.1, 0.15) is 0 Å². The molecule has 150 valence electrons. The highest BCUT2D eigenvalue weighted by Crippen LogP contribution is 2.25. The van der Waals surface area contributed by atoms with E-state index >= 15 is 0 Å². The summed E-state index contributed by atoms with van der Waals surface area (Å²) in [5.74, 6) is -1.64. The molecule has 0 aromatic heterocycles. The van der Waals surface area contributed by atoms with Crippen molar-refractivity contribution >= 4 is 27.6 Å². The van der Waals surface area contributed by atoms with Crippen LogP contribution in [0.2, 0.25) is 0 Å². The smallest absolute Gasteiger partial charge is 0.337 e. The van der Waals surface area contributed by atoms with E-state index in [1.807, 2.05) is 0 Å². The van der Waals surface area contributed by atoms with Crippen LogP contribution in [0.15, 0.2) is 47.4 Å². The average Bonchev–Trinajstić information content (AvgIpc) is 2.67. The first-order valence-electron chi connectivity index (χ1n) is 8.86. The lowest BCUT2D eigenvalue weighted by molar-refractivity contribution is 0.0697. The molecule has 0 radical (unpaired) electrons. The van der Waals surface area contributed by atoms with Gasteiger partial charge in [0, 0.05) is 25.7 Å². The molecule has 28 heavy (non-hydrogen) atoms. The van der Waals surface area contributed by atoms with Crippen molar-refractivity contribution in [1.82, 2.24) is 4.31 Å². The number of amides is 1. The fourth-order valence-corrected chi connectivity index (χ4v) is 4.67. The molecule has 0 bridgehead atoms. The maximum Gasteiger partial charge on any atom is 0.337 e. The van der Waals surface area contributed by atoms with E-state index in [1.165, 1.54) is 34.5 Å². The largest absolute Gasteiger partial charge is 0.478 e. The van der Waals surface area contributed by atoms with E-state index in [0.29, 0.717) is 18.7 Å². The van der Waals surface area contributed by atoms with Gasteiger partial charge in [-0.15, -0.1) is 0 Å². The van der Waals surface area contributed by atoms with E-state index in [9.17, 15) is 23.1 Å². The topological polar surface area (TPSA) is 95.0 Å². The van der Waals surface area contributed by atoms with E-state index in [-0.39, 0.29) is 21.7 Å². The van der Waals surface area contributed by atoms with Crippen LogP contribution in [0.3, 0.4) is 0 Å². The lowest BCUT2D eigenvalue weighted by atomic mass is 10.1. The first-order valence-corrected chi connectivity index (χ1v) is 10.3. The number of benzene rings is 2. The van der Waals surface area contributed by atoms with Crippen LogP contribution < -0.4 is 4.90 Å². The van der Waals surface area contributed by atoms with Crippen molar-refractivity contribution in [2.24, 2.45) is 0 Å². The van der Waals surface area contributed by atoms with Crippen molar-refractivity contribution in [3.05, 3.63) is 59.2 Å². The van der Waals surface area contributed by atoms with Crippen LogP contribution >= 0.6 is 0 Å². The summed E-state index contributed by atoms with van der Waals surface area (Å²) in [6.45, 7) is 5.82. The Balaban J connectivity index is 2.50. The van der Waals surface area contributed by atoms with Crippen LogP contribution in [0.25, 0.3) is 0 Å². The standard InChI is InChI=1S/C20H24N2O5S/c1-5-22(6-2)28(26,27)18-13-15(12-11-14(18)3)19(23)21(4)17-10-8-7-9-16(17)20(24)25/h7-13H,5-6H2,1-4H3,(H,24,25). The molecule has 0 aliphatic rings. The molecule has 2 aromatic carbocycles. The van der Waals surface area contributed by atoms with Crippen molar-refractivity contribution in [2.45, 2.75) is 25.7 Å². The van der Waals surface area contributed by atoms with Crippen molar-refractivity contribution in [3.8, 4) is 0 Å². The molecule has 0 atom stereocenters. The molecule has 7 nitrogen and oxygen atoms in total. The number of aromatic carboxylic acids is 1. The number of hydrogen-bond donors (Lipinski definition) is 1. The van der Waals surface area contributed by atoms with Gasteiger partial charge in [-0.2, -0.15) is 4.31 Å². The Hall–Kier alpha value is -2.71. The third kappa shape index (κ3) is 4.07. The highest BCUT2D eigenvalue weighted by molar-refractivity contribution is 7.89.